The van der Waals surface area contributed by atoms with E-state index in [1.165, 1.54) is 0 Å². The van der Waals surface area contributed by atoms with Crippen LogP contribution in [0.1, 0.15) is 13.8 Å². The summed E-state index contributed by atoms with van der Waals surface area (Å²) in [4.78, 5) is 22.8. The first kappa shape index (κ1) is 16.8. The maximum absolute atomic E-state index is 11.5. The second-order valence-corrected chi connectivity index (χ2v) is 4.75. The van der Waals surface area contributed by atoms with Crippen LogP contribution < -0.4 is 20.1 Å². The molecule has 2 N–H and O–H groups in total. The third kappa shape index (κ3) is 6.65. The smallest absolute Gasteiger partial charge is 0.239 e. The molecular weight excluding hydrogens is 272 g/mol. The normalized spacial score (nSPS) is 10.1. The zero-order valence-corrected chi connectivity index (χ0v) is 12.6. The van der Waals surface area contributed by atoms with Gasteiger partial charge in [0.2, 0.25) is 11.8 Å². The van der Waals surface area contributed by atoms with Crippen LogP contribution in [0.25, 0.3) is 0 Å². The van der Waals surface area contributed by atoms with Gasteiger partial charge in [0.15, 0.2) is 0 Å². The summed E-state index contributed by atoms with van der Waals surface area (Å²) in [5.74, 6) is 0.966. The number of ether oxygens (including phenoxy) is 2. The highest BCUT2D eigenvalue weighted by atomic mass is 16.5. The van der Waals surface area contributed by atoms with Crippen LogP contribution in [0.3, 0.4) is 0 Å². The fourth-order valence-electron chi connectivity index (χ4n) is 1.47. The van der Waals surface area contributed by atoms with Crippen molar-refractivity contribution in [2.45, 2.75) is 13.8 Å². The molecule has 0 fully saturated rings. The van der Waals surface area contributed by atoms with Gasteiger partial charge in [0, 0.05) is 5.92 Å². The third-order valence-corrected chi connectivity index (χ3v) is 2.70. The number of amides is 2. The minimum atomic E-state index is -0.234. The Balaban J connectivity index is 2.15. The number of carbonyl (C=O) groups is 2. The van der Waals surface area contributed by atoms with Crippen molar-refractivity contribution in [3.05, 3.63) is 24.3 Å². The highest BCUT2D eigenvalue weighted by Crippen LogP contribution is 2.16. The Morgan fingerprint density at radius 3 is 2.29 bits per heavy atom. The van der Waals surface area contributed by atoms with E-state index >= 15 is 0 Å². The van der Waals surface area contributed by atoms with E-state index in [4.69, 9.17) is 9.47 Å². The van der Waals surface area contributed by atoms with Crippen LogP contribution in [0, 0.1) is 5.92 Å². The number of hydrogen-bond acceptors (Lipinski definition) is 4. The van der Waals surface area contributed by atoms with Gasteiger partial charge in [-0.3, -0.25) is 9.59 Å². The summed E-state index contributed by atoms with van der Waals surface area (Å²) in [7, 11) is 1.60. The molecule has 0 bridgehead atoms. The Bertz CT molecular complexity index is 457. The average molecular weight is 294 g/mol. The number of benzene rings is 1. The van der Waals surface area contributed by atoms with E-state index < -0.39 is 0 Å². The van der Waals surface area contributed by atoms with Crippen molar-refractivity contribution in [1.29, 1.82) is 0 Å². The maximum Gasteiger partial charge on any atom is 0.239 e. The summed E-state index contributed by atoms with van der Waals surface area (Å²) in [6.07, 6.45) is 0. The molecule has 1 rings (SSSR count). The van der Waals surface area contributed by atoms with Gasteiger partial charge in [-0.05, 0) is 24.3 Å². The third-order valence-electron chi connectivity index (χ3n) is 2.70. The molecule has 0 aliphatic heterocycles. The lowest BCUT2D eigenvalue weighted by Gasteiger charge is -2.10. The second-order valence-electron chi connectivity index (χ2n) is 4.75. The molecule has 0 saturated carbocycles. The van der Waals surface area contributed by atoms with Gasteiger partial charge in [-0.25, -0.2) is 0 Å². The van der Waals surface area contributed by atoms with Crippen LogP contribution in [-0.2, 0) is 9.59 Å². The van der Waals surface area contributed by atoms with Gasteiger partial charge in [-0.2, -0.15) is 0 Å². The molecule has 2 amide bonds. The number of methoxy groups -OCH3 is 1. The monoisotopic (exact) mass is 294 g/mol. The lowest BCUT2D eigenvalue weighted by Crippen LogP contribution is -2.39. The molecule has 0 aliphatic rings. The van der Waals surface area contributed by atoms with Gasteiger partial charge in [-0.1, -0.05) is 13.8 Å². The van der Waals surface area contributed by atoms with Crippen LogP contribution >= 0.6 is 0 Å². The van der Waals surface area contributed by atoms with Crippen molar-refractivity contribution >= 4 is 11.8 Å². The molecule has 6 nitrogen and oxygen atoms in total. The molecule has 0 heterocycles. The zero-order valence-electron chi connectivity index (χ0n) is 12.6. The second kappa shape index (κ2) is 8.84. The van der Waals surface area contributed by atoms with Crippen LogP contribution in [0.15, 0.2) is 24.3 Å². The van der Waals surface area contributed by atoms with Gasteiger partial charge in [-0.15, -0.1) is 0 Å². The SMILES string of the molecule is COc1ccc(OCCNC(=O)CNC(=O)C(C)C)cc1. The first-order valence-corrected chi connectivity index (χ1v) is 6.84. The van der Waals surface area contributed by atoms with Crippen molar-refractivity contribution in [3.63, 3.8) is 0 Å². The van der Waals surface area contributed by atoms with E-state index in [-0.39, 0.29) is 24.3 Å². The van der Waals surface area contributed by atoms with Gasteiger partial charge in [0.1, 0.15) is 18.1 Å². The number of nitrogens with one attached hydrogen (secondary N) is 2. The number of carbonyl (C=O) groups excluding carboxylic acids is 2. The minimum absolute atomic E-state index is 0.0143. The Morgan fingerprint density at radius 1 is 1.10 bits per heavy atom. The largest absolute Gasteiger partial charge is 0.497 e. The first-order valence-electron chi connectivity index (χ1n) is 6.84. The fourth-order valence-corrected chi connectivity index (χ4v) is 1.47. The summed E-state index contributed by atoms with van der Waals surface area (Å²) in [5, 5.41) is 5.21. The molecule has 1 aromatic rings. The molecule has 1 aromatic carbocycles. The topological polar surface area (TPSA) is 76.7 Å². The molecule has 21 heavy (non-hydrogen) atoms. The van der Waals surface area contributed by atoms with Crippen LogP contribution in [0.4, 0.5) is 0 Å². The van der Waals surface area contributed by atoms with E-state index in [1.807, 2.05) is 0 Å². The standard InChI is InChI=1S/C15H22N2O4/c1-11(2)15(19)17-10-14(18)16-8-9-21-13-6-4-12(20-3)5-7-13/h4-7,11H,8-10H2,1-3H3,(H,16,18)(H,17,19). The Morgan fingerprint density at radius 2 is 1.71 bits per heavy atom. The summed E-state index contributed by atoms with van der Waals surface area (Å²) >= 11 is 0. The summed E-state index contributed by atoms with van der Waals surface area (Å²) in [5.41, 5.74) is 0. The van der Waals surface area contributed by atoms with Crippen molar-refractivity contribution in [2.75, 3.05) is 26.8 Å². The lowest BCUT2D eigenvalue weighted by atomic mass is 10.2. The Hall–Kier alpha value is -2.24. The quantitative estimate of drug-likeness (QED) is 0.700. The highest BCUT2D eigenvalue weighted by Gasteiger charge is 2.08. The minimum Gasteiger partial charge on any atom is -0.497 e. The van der Waals surface area contributed by atoms with Gasteiger partial charge in [0.25, 0.3) is 0 Å². The number of hydrogen-bond donors (Lipinski definition) is 2. The molecule has 0 saturated heterocycles. The molecule has 0 radical (unpaired) electrons. The van der Waals surface area contributed by atoms with E-state index in [0.29, 0.717) is 18.9 Å². The van der Waals surface area contributed by atoms with Crippen molar-refractivity contribution in [3.8, 4) is 11.5 Å². The van der Waals surface area contributed by atoms with E-state index in [9.17, 15) is 9.59 Å². The number of rotatable bonds is 8. The molecule has 0 aromatic heterocycles. The van der Waals surface area contributed by atoms with E-state index in [0.717, 1.165) is 5.75 Å². The molecule has 0 spiro atoms. The van der Waals surface area contributed by atoms with Gasteiger partial charge >= 0.3 is 0 Å². The predicted molar refractivity (Wildman–Crippen MR) is 79.3 cm³/mol. The first-order chi connectivity index (χ1) is 10.0. The van der Waals surface area contributed by atoms with E-state index in [1.54, 1.807) is 45.2 Å². The molecular formula is C15H22N2O4. The fraction of sp³-hybridized carbons (Fsp3) is 0.467. The molecule has 116 valence electrons. The average Bonchev–Trinajstić information content (AvgIpc) is 2.49. The molecule has 0 unspecified atom stereocenters. The van der Waals surface area contributed by atoms with E-state index in [2.05, 4.69) is 10.6 Å². The van der Waals surface area contributed by atoms with Crippen molar-refractivity contribution in [1.82, 2.24) is 10.6 Å². The zero-order chi connectivity index (χ0) is 15.7. The Kier molecular flexibility index (Phi) is 7.08. The summed E-state index contributed by atoms with van der Waals surface area (Å²) < 4.78 is 10.5. The predicted octanol–water partition coefficient (Wildman–Crippen LogP) is 0.962. The summed E-state index contributed by atoms with van der Waals surface area (Å²) in [6, 6.07) is 7.19. The lowest BCUT2D eigenvalue weighted by molar-refractivity contribution is -0.127. The van der Waals surface area contributed by atoms with Gasteiger partial charge < -0.3 is 20.1 Å². The molecule has 0 aliphatic carbocycles. The van der Waals surface area contributed by atoms with Crippen molar-refractivity contribution < 1.29 is 19.1 Å². The Labute approximate surface area is 124 Å². The highest BCUT2D eigenvalue weighted by molar-refractivity contribution is 5.85. The maximum atomic E-state index is 11.5. The summed E-state index contributed by atoms with van der Waals surface area (Å²) in [6.45, 7) is 4.27. The van der Waals surface area contributed by atoms with Crippen LogP contribution in [0.5, 0.6) is 11.5 Å². The van der Waals surface area contributed by atoms with Gasteiger partial charge in [0.05, 0.1) is 20.2 Å². The molecule has 6 heteroatoms. The molecule has 0 atom stereocenters. The van der Waals surface area contributed by atoms with Crippen molar-refractivity contribution in [2.24, 2.45) is 5.92 Å². The van der Waals surface area contributed by atoms with Crippen LogP contribution in [0.2, 0.25) is 0 Å². The van der Waals surface area contributed by atoms with Crippen LogP contribution in [-0.4, -0.2) is 38.6 Å².